The molecule has 2 rings (SSSR count). The zero-order valence-electron chi connectivity index (χ0n) is 10.5. The molecule has 2 fully saturated rings. The summed E-state index contributed by atoms with van der Waals surface area (Å²) in [5, 5.41) is 9.21. The molecule has 98 valence electrons. The van der Waals surface area contributed by atoms with Crippen LogP contribution in [-0.4, -0.2) is 73.4 Å². The molecular formula is C12H22N2O3. The molecule has 0 aromatic carbocycles. The Morgan fingerprint density at radius 3 is 2.65 bits per heavy atom. The second-order valence-corrected chi connectivity index (χ2v) is 5.18. The van der Waals surface area contributed by atoms with Crippen LogP contribution in [0.2, 0.25) is 0 Å². The van der Waals surface area contributed by atoms with Crippen LogP contribution in [0.5, 0.6) is 0 Å². The summed E-state index contributed by atoms with van der Waals surface area (Å²) in [6, 6.07) is 0. The van der Waals surface area contributed by atoms with E-state index in [0.717, 1.165) is 32.5 Å². The van der Waals surface area contributed by atoms with E-state index in [1.807, 2.05) is 11.9 Å². The Bertz CT molecular complexity index is 260. The highest BCUT2D eigenvalue weighted by atomic mass is 16.5. The Kier molecular flexibility index (Phi) is 4.36. The molecule has 5 heteroatoms. The van der Waals surface area contributed by atoms with E-state index >= 15 is 0 Å². The predicted molar refractivity (Wildman–Crippen MR) is 63.6 cm³/mol. The topological polar surface area (TPSA) is 53.0 Å². The van der Waals surface area contributed by atoms with E-state index < -0.39 is 0 Å². The summed E-state index contributed by atoms with van der Waals surface area (Å²) in [4.78, 5) is 15.9. The fourth-order valence-electron chi connectivity index (χ4n) is 2.50. The maximum Gasteiger partial charge on any atom is 0.236 e. The van der Waals surface area contributed by atoms with Gasteiger partial charge in [-0.1, -0.05) is 0 Å². The van der Waals surface area contributed by atoms with Gasteiger partial charge in [0.25, 0.3) is 0 Å². The SMILES string of the molecule is CN(CC(=O)N1CCOCC1)CC1CC(O)C1. The highest BCUT2D eigenvalue weighted by Crippen LogP contribution is 2.27. The Morgan fingerprint density at radius 1 is 1.41 bits per heavy atom. The summed E-state index contributed by atoms with van der Waals surface area (Å²) in [6.07, 6.45) is 1.66. The number of morpholine rings is 1. The molecule has 1 aliphatic carbocycles. The molecule has 1 N–H and O–H groups in total. The third kappa shape index (κ3) is 3.66. The fourth-order valence-corrected chi connectivity index (χ4v) is 2.50. The number of carbonyl (C=O) groups is 1. The van der Waals surface area contributed by atoms with E-state index in [1.54, 1.807) is 0 Å². The summed E-state index contributed by atoms with van der Waals surface area (Å²) < 4.78 is 5.22. The number of hydrogen-bond donors (Lipinski definition) is 1. The molecule has 0 spiro atoms. The minimum Gasteiger partial charge on any atom is -0.393 e. The van der Waals surface area contributed by atoms with Crippen LogP contribution in [0.1, 0.15) is 12.8 Å². The standard InChI is InChI=1S/C12H22N2O3/c1-13(8-10-6-11(15)7-10)9-12(16)14-2-4-17-5-3-14/h10-11,15H,2-9H2,1H3. The van der Waals surface area contributed by atoms with Gasteiger partial charge in [-0.05, 0) is 25.8 Å². The smallest absolute Gasteiger partial charge is 0.236 e. The Balaban J connectivity index is 1.66. The molecule has 1 saturated carbocycles. The van der Waals surface area contributed by atoms with Crippen LogP contribution in [0.4, 0.5) is 0 Å². The van der Waals surface area contributed by atoms with Crippen molar-refractivity contribution in [2.75, 3.05) is 46.4 Å². The van der Waals surface area contributed by atoms with Gasteiger partial charge in [-0.15, -0.1) is 0 Å². The van der Waals surface area contributed by atoms with Crippen LogP contribution in [0.3, 0.4) is 0 Å². The molecule has 1 saturated heterocycles. The molecule has 0 aromatic heterocycles. The van der Waals surface area contributed by atoms with Crippen molar-refractivity contribution in [2.45, 2.75) is 18.9 Å². The lowest BCUT2D eigenvalue weighted by molar-refractivity contribution is -0.136. The van der Waals surface area contributed by atoms with Crippen molar-refractivity contribution in [3.63, 3.8) is 0 Å². The number of amides is 1. The molecule has 1 heterocycles. The second kappa shape index (κ2) is 5.80. The lowest BCUT2D eigenvalue weighted by Crippen LogP contribution is -2.46. The third-order valence-electron chi connectivity index (χ3n) is 3.55. The summed E-state index contributed by atoms with van der Waals surface area (Å²) in [7, 11) is 1.98. The third-order valence-corrected chi connectivity index (χ3v) is 3.55. The number of ether oxygens (including phenoxy) is 1. The van der Waals surface area contributed by atoms with Gasteiger partial charge in [0.1, 0.15) is 0 Å². The van der Waals surface area contributed by atoms with Gasteiger partial charge >= 0.3 is 0 Å². The first-order chi connectivity index (χ1) is 8.15. The van der Waals surface area contributed by atoms with Crippen LogP contribution in [0, 0.1) is 5.92 Å². The molecule has 5 nitrogen and oxygen atoms in total. The normalized spacial score (nSPS) is 29.2. The molecule has 17 heavy (non-hydrogen) atoms. The van der Waals surface area contributed by atoms with Gasteiger partial charge in [-0.25, -0.2) is 0 Å². The van der Waals surface area contributed by atoms with Crippen molar-refractivity contribution < 1.29 is 14.6 Å². The maximum atomic E-state index is 11.9. The maximum absolute atomic E-state index is 11.9. The second-order valence-electron chi connectivity index (χ2n) is 5.18. The van der Waals surface area contributed by atoms with Gasteiger partial charge in [0.15, 0.2) is 0 Å². The highest BCUT2D eigenvalue weighted by molar-refractivity contribution is 5.78. The van der Waals surface area contributed by atoms with E-state index in [1.165, 1.54) is 0 Å². The monoisotopic (exact) mass is 242 g/mol. The molecule has 0 atom stereocenters. The van der Waals surface area contributed by atoms with E-state index in [0.29, 0.717) is 25.7 Å². The summed E-state index contributed by atoms with van der Waals surface area (Å²) in [5.41, 5.74) is 0. The number of carbonyl (C=O) groups excluding carboxylic acids is 1. The van der Waals surface area contributed by atoms with Crippen molar-refractivity contribution in [1.82, 2.24) is 9.80 Å². The zero-order valence-corrected chi connectivity index (χ0v) is 10.5. The molecular weight excluding hydrogens is 220 g/mol. The Morgan fingerprint density at radius 2 is 2.06 bits per heavy atom. The van der Waals surface area contributed by atoms with Crippen LogP contribution in [0.15, 0.2) is 0 Å². The van der Waals surface area contributed by atoms with Gasteiger partial charge in [0, 0.05) is 19.6 Å². The van der Waals surface area contributed by atoms with Gasteiger partial charge in [0.05, 0.1) is 25.9 Å². The van der Waals surface area contributed by atoms with Crippen LogP contribution in [0.25, 0.3) is 0 Å². The fraction of sp³-hybridized carbons (Fsp3) is 0.917. The first kappa shape index (κ1) is 12.8. The van der Waals surface area contributed by atoms with Crippen LogP contribution >= 0.6 is 0 Å². The molecule has 0 unspecified atom stereocenters. The average molecular weight is 242 g/mol. The number of aliphatic hydroxyl groups excluding tert-OH is 1. The molecule has 0 bridgehead atoms. The van der Waals surface area contributed by atoms with Gasteiger partial charge in [0.2, 0.25) is 5.91 Å². The molecule has 0 radical (unpaired) electrons. The molecule has 2 aliphatic rings. The molecule has 0 aromatic rings. The Labute approximate surface area is 102 Å². The van der Waals surface area contributed by atoms with Crippen LogP contribution < -0.4 is 0 Å². The van der Waals surface area contributed by atoms with Gasteiger partial charge in [-0.3, -0.25) is 9.69 Å². The highest BCUT2D eigenvalue weighted by Gasteiger charge is 2.28. The molecule has 1 aliphatic heterocycles. The first-order valence-corrected chi connectivity index (χ1v) is 6.37. The van der Waals surface area contributed by atoms with Crippen LogP contribution in [-0.2, 0) is 9.53 Å². The van der Waals surface area contributed by atoms with Crippen molar-refractivity contribution in [3.8, 4) is 0 Å². The predicted octanol–water partition coefficient (Wildman–Crippen LogP) is -0.452. The quantitative estimate of drug-likeness (QED) is 0.725. The van der Waals surface area contributed by atoms with Gasteiger partial charge < -0.3 is 14.7 Å². The summed E-state index contributed by atoms with van der Waals surface area (Å²) in [6.45, 7) is 4.14. The lowest BCUT2D eigenvalue weighted by atomic mass is 9.82. The average Bonchev–Trinajstić information content (AvgIpc) is 2.28. The van der Waals surface area contributed by atoms with E-state index in [-0.39, 0.29) is 12.0 Å². The summed E-state index contributed by atoms with van der Waals surface area (Å²) in [5.74, 6) is 0.753. The number of aliphatic hydroxyl groups is 1. The van der Waals surface area contributed by atoms with E-state index in [9.17, 15) is 9.90 Å². The van der Waals surface area contributed by atoms with Crippen molar-refractivity contribution in [3.05, 3.63) is 0 Å². The zero-order chi connectivity index (χ0) is 12.3. The largest absolute Gasteiger partial charge is 0.393 e. The summed E-state index contributed by atoms with van der Waals surface area (Å²) >= 11 is 0. The van der Waals surface area contributed by atoms with Gasteiger partial charge in [-0.2, -0.15) is 0 Å². The first-order valence-electron chi connectivity index (χ1n) is 6.37. The number of nitrogens with zero attached hydrogens (tertiary/aromatic N) is 2. The van der Waals surface area contributed by atoms with Crippen molar-refractivity contribution >= 4 is 5.91 Å². The molecule has 1 amide bonds. The number of hydrogen-bond acceptors (Lipinski definition) is 4. The van der Waals surface area contributed by atoms with E-state index in [4.69, 9.17) is 4.74 Å². The number of likely N-dealkylation sites (N-methyl/N-ethyl adjacent to an activating group) is 1. The minimum absolute atomic E-state index is 0.108. The minimum atomic E-state index is -0.108. The number of rotatable bonds is 4. The lowest BCUT2D eigenvalue weighted by Gasteiger charge is -2.35. The van der Waals surface area contributed by atoms with Crippen molar-refractivity contribution in [2.24, 2.45) is 5.92 Å². The van der Waals surface area contributed by atoms with Crippen molar-refractivity contribution in [1.29, 1.82) is 0 Å². The Hall–Kier alpha value is -0.650. The van der Waals surface area contributed by atoms with E-state index in [2.05, 4.69) is 4.90 Å².